The van der Waals surface area contributed by atoms with Gasteiger partial charge in [-0.15, -0.1) is 0 Å². The van der Waals surface area contributed by atoms with E-state index in [0.29, 0.717) is 13.2 Å². The van der Waals surface area contributed by atoms with E-state index >= 15 is 0 Å². The molecule has 0 heterocycles. The largest absolute Gasteiger partial charge is 0.398 e. The summed E-state index contributed by atoms with van der Waals surface area (Å²) in [4.78, 5) is 4.68. The van der Waals surface area contributed by atoms with Gasteiger partial charge in [0.25, 0.3) is 0 Å². The van der Waals surface area contributed by atoms with E-state index in [1.54, 1.807) is 13.8 Å². The molecule has 0 saturated carbocycles. The van der Waals surface area contributed by atoms with Gasteiger partial charge in [-0.3, -0.25) is 4.57 Å². The van der Waals surface area contributed by atoms with E-state index < -0.39 is 7.60 Å². The maximum absolute atomic E-state index is 12.6. The van der Waals surface area contributed by atoms with Gasteiger partial charge in [-0.25, -0.2) is 0 Å². The fourth-order valence-corrected chi connectivity index (χ4v) is 4.12. The van der Waals surface area contributed by atoms with E-state index in [-0.39, 0.29) is 11.9 Å². The molecule has 0 aromatic heterocycles. The topological polar surface area (TPSA) is 80.9 Å². The van der Waals surface area contributed by atoms with Crippen LogP contribution in [0.4, 0.5) is 0 Å². The molecule has 0 aliphatic heterocycles. The molecule has 0 saturated heterocycles. The summed E-state index contributed by atoms with van der Waals surface area (Å²) < 4.78 is 23.1. The molecule has 0 radical (unpaired) electrons. The Hall–Kier alpha value is -1.15. The van der Waals surface area contributed by atoms with Gasteiger partial charge in [-0.05, 0) is 38.7 Å². The van der Waals surface area contributed by atoms with Crippen molar-refractivity contribution in [1.82, 2.24) is 0 Å². The van der Waals surface area contributed by atoms with Gasteiger partial charge < -0.3 is 13.9 Å². The number of nitriles is 1. The van der Waals surface area contributed by atoms with Crippen LogP contribution in [0.25, 0.3) is 0 Å². The zero-order chi connectivity index (χ0) is 15.0. The normalized spacial score (nSPS) is 16.4. The molecule has 1 aliphatic carbocycles. The van der Waals surface area contributed by atoms with Gasteiger partial charge in [0.05, 0.1) is 19.4 Å². The molecule has 0 unspecified atom stereocenters. The minimum absolute atomic E-state index is 0.217. The van der Waals surface area contributed by atoms with Crippen LogP contribution in [0, 0.1) is 11.3 Å². The number of hydrogen-bond donors (Lipinski definition) is 0. The van der Waals surface area contributed by atoms with Gasteiger partial charge in [0.1, 0.15) is 13.2 Å². The van der Waals surface area contributed by atoms with Crippen molar-refractivity contribution in [3.63, 3.8) is 0 Å². The number of hydrogen-bond acceptors (Lipinski definition) is 6. The first-order chi connectivity index (χ1) is 9.60. The predicted molar refractivity (Wildman–Crippen MR) is 76.7 cm³/mol. The van der Waals surface area contributed by atoms with Gasteiger partial charge in [-0.2, -0.15) is 5.26 Å². The van der Waals surface area contributed by atoms with Crippen molar-refractivity contribution in [3.05, 3.63) is 11.1 Å². The molecule has 6 nitrogen and oxygen atoms in total. The molecule has 1 rings (SSSR count). The van der Waals surface area contributed by atoms with E-state index in [9.17, 15) is 4.57 Å². The first kappa shape index (κ1) is 16.9. The Kier molecular flexibility index (Phi) is 6.94. The average molecular weight is 300 g/mol. The molecular formula is C13H21N2O4P. The number of rotatable bonds is 8. The molecule has 0 atom stereocenters. The van der Waals surface area contributed by atoms with Crippen molar-refractivity contribution in [1.29, 1.82) is 5.26 Å². The number of nitrogens with zero attached hydrogens (tertiary/aromatic N) is 2. The van der Waals surface area contributed by atoms with Crippen LogP contribution in [-0.4, -0.2) is 32.2 Å². The average Bonchev–Trinajstić information content (AvgIpc) is 2.84. The van der Waals surface area contributed by atoms with Crippen molar-refractivity contribution in [2.45, 2.75) is 33.1 Å². The summed E-state index contributed by atoms with van der Waals surface area (Å²) in [7, 11) is -1.74. The first-order valence-corrected chi connectivity index (χ1v) is 8.43. The molecular weight excluding hydrogens is 279 g/mol. The standard InChI is InChI=1S/C13H21N2O4P/c1-4-18-20(16,19-5-2)10-11-7-6-8-12(11)13(9-14)15-17-3/h4-8,10H2,1-3H3/b15-13-. The maximum atomic E-state index is 12.6. The quantitative estimate of drug-likeness (QED) is 0.390. The van der Waals surface area contributed by atoms with E-state index in [1.807, 2.05) is 6.07 Å². The SMILES string of the molecule is CCOP(=O)(CC1=C(/C(C#N)=N\OC)CCC1)OCC. The molecule has 0 amide bonds. The summed E-state index contributed by atoms with van der Waals surface area (Å²) >= 11 is 0. The minimum atomic E-state index is -3.14. The highest BCUT2D eigenvalue weighted by Gasteiger charge is 2.30. The van der Waals surface area contributed by atoms with Crippen LogP contribution >= 0.6 is 7.60 Å². The molecule has 0 aromatic carbocycles. The zero-order valence-corrected chi connectivity index (χ0v) is 13.1. The summed E-state index contributed by atoms with van der Waals surface area (Å²) in [5.41, 5.74) is 1.99. The lowest BCUT2D eigenvalue weighted by atomic mass is 10.1. The Labute approximate surface area is 119 Å². The monoisotopic (exact) mass is 300 g/mol. The van der Waals surface area contributed by atoms with Crippen LogP contribution in [0.2, 0.25) is 0 Å². The second-order valence-electron chi connectivity index (χ2n) is 4.27. The van der Waals surface area contributed by atoms with Gasteiger partial charge >= 0.3 is 7.60 Å². The van der Waals surface area contributed by atoms with Gasteiger partial charge in [0.2, 0.25) is 0 Å². The molecule has 1 aliphatic rings. The van der Waals surface area contributed by atoms with Crippen LogP contribution in [-0.2, 0) is 18.5 Å². The minimum Gasteiger partial charge on any atom is -0.398 e. The molecule has 0 bridgehead atoms. The Morgan fingerprint density at radius 2 is 2.00 bits per heavy atom. The Bertz CT molecular complexity index is 469. The first-order valence-electron chi connectivity index (χ1n) is 6.70. The third kappa shape index (κ3) is 4.45. The lowest BCUT2D eigenvalue weighted by Gasteiger charge is -2.18. The van der Waals surface area contributed by atoms with Crippen molar-refractivity contribution < 1.29 is 18.5 Å². The van der Waals surface area contributed by atoms with Crippen molar-refractivity contribution in [3.8, 4) is 6.07 Å². The van der Waals surface area contributed by atoms with E-state index in [0.717, 1.165) is 30.4 Å². The van der Waals surface area contributed by atoms with E-state index in [1.165, 1.54) is 7.11 Å². The Morgan fingerprint density at radius 3 is 2.50 bits per heavy atom. The van der Waals surface area contributed by atoms with Crippen molar-refractivity contribution in [2.75, 3.05) is 26.5 Å². The zero-order valence-electron chi connectivity index (χ0n) is 12.2. The second kappa shape index (κ2) is 8.21. The van der Waals surface area contributed by atoms with Gasteiger partial charge in [-0.1, -0.05) is 10.7 Å². The summed E-state index contributed by atoms with van der Waals surface area (Å²) in [5.74, 6) is 0. The summed E-state index contributed by atoms with van der Waals surface area (Å²) in [6.07, 6.45) is 2.65. The molecule has 0 N–H and O–H groups in total. The van der Waals surface area contributed by atoms with Crippen molar-refractivity contribution >= 4 is 13.3 Å². The lowest BCUT2D eigenvalue weighted by Crippen LogP contribution is -2.06. The summed E-state index contributed by atoms with van der Waals surface area (Å²) in [6.45, 7) is 4.22. The van der Waals surface area contributed by atoms with E-state index in [4.69, 9.17) is 14.3 Å². The van der Waals surface area contributed by atoms with Gasteiger partial charge in [0, 0.05) is 0 Å². The van der Waals surface area contributed by atoms with Crippen molar-refractivity contribution in [2.24, 2.45) is 5.16 Å². The molecule has 7 heteroatoms. The highest BCUT2D eigenvalue weighted by Crippen LogP contribution is 2.51. The lowest BCUT2D eigenvalue weighted by molar-refractivity contribution is 0.214. The molecule has 0 spiro atoms. The predicted octanol–water partition coefficient (Wildman–Crippen LogP) is 3.26. The van der Waals surface area contributed by atoms with Crippen LogP contribution in [0.15, 0.2) is 16.3 Å². The Balaban J connectivity index is 3.00. The number of allylic oxidation sites excluding steroid dienone is 2. The van der Waals surface area contributed by atoms with Gasteiger partial charge in [0.15, 0.2) is 5.71 Å². The summed E-state index contributed by atoms with van der Waals surface area (Å²) in [6, 6.07) is 2.02. The number of oxime groups is 1. The van der Waals surface area contributed by atoms with Crippen LogP contribution in [0.3, 0.4) is 0 Å². The van der Waals surface area contributed by atoms with Crippen LogP contribution < -0.4 is 0 Å². The smallest absolute Gasteiger partial charge is 0.334 e. The fraction of sp³-hybridized carbons (Fsp3) is 0.692. The molecule has 0 fully saturated rings. The van der Waals surface area contributed by atoms with Crippen LogP contribution in [0.1, 0.15) is 33.1 Å². The van der Waals surface area contributed by atoms with E-state index in [2.05, 4.69) is 9.99 Å². The van der Waals surface area contributed by atoms with Crippen LogP contribution in [0.5, 0.6) is 0 Å². The molecule has 0 aromatic rings. The fourth-order valence-electron chi connectivity index (χ4n) is 2.26. The highest BCUT2D eigenvalue weighted by atomic mass is 31.2. The maximum Gasteiger partial charge on any atom is 0.334 e. The third-order valence-corrected chi connectivity index (χ3v) is 5.01. The molecule has 20 heavy (non-hydrogen) atoms. The second-order valence-corrected chi connectivity index (χ2v) is 6.33. The summed E-state index contributed by atoms with van der Waals surface area (Å²) in [5, 5.41) is 12.8. The Morgan fingerprint density at radius 1 is 1.35 bits per heavy atom. The third-order valence-electron chi connectivity index (χ3n) is 2.94. The highest BCUT2D eigenvalue weighted by molar-refractivity contribution is 7.54. The molecule has 112 valence electrons.